The standard InChI is InChI=1S/C13H14ClF2N3O4S/c1-7(21-2)11(20)19(22-3)6-8-4-5-9(24-8)10-17-12(23-18-10)13(14,15)16/h4-5,7H,6H2,1-3H3. The van der Waals surface area contributed by atoms with Gasteiger partial charge in [0.15, 0.2) is 0 Å². The van der Waals surface area contributed by atoms with E-state index in [0.717, 1.165) is 9.94 Å². The highest BCUT2D eigenvalue weighted by Gasteiger charge is 2.36. The molecule has 0 N–H and O–H groups in total. The van der Waals surface area contributed by atoms with Crippen LogP contribution in [0.5, 0.6) is 0 Å². The normalized spacial score (nSPS) is 13.1. The maximum absolute atomic E-state index is 12.9. The third-order valence-electron chi connectivity index (χ3n) is 3.02. The van der Waals surface area contributed by atoms with Crippen LogP contribution in [0.25, 0.3) is 10.7 Å². The number of carbonyl (C=O) groups is 1. The van der Waals surface area contributed by atoms with Crippen LogP contribution in [0.4, 0.5) is 8.78 Å². The van der Waals surface area contributed by atoms with Gasteiger partial charge in [0.2, 0.25) is 5.82 Å². The molecule has 2 aromatic heterocycles. The zero-order valence-corrected chi connectivity index (χ0v) is 14.5. The highest BCUT2D eigenvalue weighted by molar-refractivity contribution is 7.15. The Balaban J connectivity index is 2.13. The third kappa shape index (κ3) is 4.26. The van der Waals surface area contributed by atoms with Gasteiger partial charge in [0.1, 0.15) is 6.10 Å². The van der Waals surface area contributed by atoms with Gasteiger partial charge in [-0.05, 0) is 30.7 Å². The van der Waals surface area contributed by atoms with Crippen molar-refractivity contribution in [2.24, 2.45) is 0 Å². The molecule has 11 heteroatoms. The van der Waals surface area contributed by atoms with Crippen LogP contribution in [0.3, 0.4) is 0 Å². The van der Waals surface area contributed by atoms with E-state index in [1.54, 1.807) is 19.1 Å². The lowest BCUT2D eigenvalue weighted by Gasteiger charge is -2.21. The molecule has 0 aliphatic heterocycles. The second kappa shape index (κ2) is 7.51. The molecule has 1 amide bonds. The summed E-state index contributed by atoms with van der Waals surface area (Å²) in [5.41, 5.74) is 0. The van der Waals surface area contributed by atoms with E-state index in [9.17, 15) is 13.6 Å². The van der Waals surface area contributed by atoms with Crippen LogP contribution in [0.15, 0.2) is 16.7 Å². The quantitative estimate of drug-likeness (QED) is 0.542. The van der Waals surface area contributed by atoms with Crippen molar-refractivity contribution in [2.75, 3.05) is 14.2 Å². The van der Waals surface area contributed by atoms with Gasteiger partial charge in [0.25, 0.3) is 5.91 Å². The Morgan fingerprint density at radius 1 is 1.50 bits per heavy atom. The van der Waals surface area contributed by atoms with Gasteiger partial charge in [0.05, 0.1) is 18.5 Å². The molecule has 2 rings (SSSR count). The fraction of sp³-hybridized carbons (Fsp3) is 0.462. The van der Waals surface area contributed by atoms with Crippen LogP contribution in [-0.4, -0.2) is 41.4 Å². The number of halogens is 3. The lowest BCUT2D eigenvalue weighted by Crippen LogP contribution is -2.37. The van der Waals surface area contributed by atoms with Gasteiger partial charge < -0.3 is 9.26 Å². The fourth-order valence-electron chi connectivity index (χ4n) is 1.70. The molecule has 7 nitrogen and oxygen atoms in total. The van der Waals surface area contributed by atoms with E-state index in [-0.39, 0.29) is 18.3 Å². The van der Waals surface area contributed by atoms with Crippen LogP contribution in [0, 0.1) is 0 Å². The van der Waals surface area contributed by atoms with Crippen LogP contribution in [0.2, 0.25) is 0 Å². The topological polar surface area (TPSA) is 77.7 Å². The minimum atomic E-state index is -3.72. The van der Waals surface area contributed by atoms with Crippen molar-refractivity contribution >= 4 is 28.8 Å². The highest BCUT2D eigenvalue weighted by Crippen LogP contribution is 2.33. The van der Waals surface area contributed by atoms with E-state index in [0.29, 0.717) is 4.88 Å². The Labute approximate surface area is 145 Å². The number of nitrogens with zero attached hydrogens (tertiary/aromatic N) is 3. The van der Waals surface area contributed by atoms with E-state index in [4.69, 9.17) is 21.2 Å². The SMILES string of the molecule is COC(C)C(=O)N(Cc1ccc(-c2noc(C(F)(F)Cl)n2)s1)OC. The number of alkyl halides is 3. The zero-order valence-electron chi connectivity index (χ0n) is 13.0. The molecule has 0 aromatic carbocycles. The molecule has 2 aromatic rings. The molecular formula is C13H14ClF2N3O4S. The first kappa shape index (κ1) is 18.7. The number of methoxy groups -OCH3 is 1. The molecule has 0 saturated heterocycles. The maximum Gasteiger partial charge on any atom is 0.400 e. The predicted octanol–water partition coefficient (Wildman–Crippen LogP) is 3.01. The monoisotopic (exact) mass is 381 g/mol. The van der Waals surface area contributed by atoms with E-state index in [2.05, 4.69) is 14.7 Å². The predicted molar refractivity (Wildman–Crippen MR) is 81.4 cm³/mol. The summed E-state index contributed by atoms with van der Waals surface area (Å²) in [6.07, 6.45) is -0.657. The van der Waals surface area contributed by atoms with Crippen LogP contribution < -0.4 is 0 Å². The summed E-state index contributed by atoms with van der Waals surface area (Å²) in [5, 5.41) is 0.886. The molecular weight excluding hydrogens is 368 g/mol. The first-order valence-electron chi connectivity index (χ1n) is 6.64. The van der Waals surface area contributed by atoms with Gasteiger partial charge in [-0.25, -0.2) is 5.06 Å². The first-order chi connectivity index (χ1) is 11.3. The molecule has 24 heavy (non-hydrogen) atoms. The second-order valence-electron chi connectivity index (χ2n) is 4.62. The number of carbonyl (C=O) groups excluding carboxylic acids is 1. The average molecular weight is 382 g/mol. The van der Waals surface area contributed by atoms with E-state index >= 15 is 0 Å². The molecule has 132 valence electrons. The molecule has 0 bridgehead atoms. The molecule has 0 fully saturated rings. The Kier molecular flexibility index (Phi) is 5.86. The first-order valence-corrected chi connectivity index (χ1v) is 7.84. The highest BCUT2D eigenvalue weighted by atomic mass is 35.5. The summed E-state index contributed by atoms with van der Waals surface area (Å²) in [6.45, 7) is 1.76. The van der Waals surface area contributed by atoms with E-state index in [1.807, 2.05) is 0 Å². The smallest absolute Gasteiger partial charge is 0.372 e. The number of thiophene rings is 1. The minimum Gasteiger partial charge on any atom is -0.372 e. The summed E-state index contributed by atoms with van der Waals surface area (Å²) in [7, 11) is 2.78. The minimum absolute atomic E-state index is 0.0119. The number of amides is 1. The molecule has 2 heterocycles. The van der Waals surface area contributed by atoms with Crippen molar-refractivity contribution in [3.63, 3.8) is 0 Å². The average Bonchev–Trinajstić information content (AvgIpc) is 3.19. The van der Waals surface area contributed by atoms with Crippen molar-refractivity contribution in [3.05, 3.63) is 22.9 Å². The lowest BCUT2D eigenvalue weighted by atomic mass is 10.3. The van der Waals surface area contributed by atoms with Gasteiger partial charge in [-0.3, -0.25) is 9.63 Å². The number of aromatic nitrogens is 2. The molecule has 1 unspecified atom stereocenters. The Morgan fingerprint density at radius 2 is 2.21 bits per heavy atom. The lowest BCUT2D eigenvalue weighted by molar-refractivity contribution is -0.188. The van der Waals surface area contributed by atoms with Crippen molar-refractivity contribution < 1.29 is 27.7 Å². The van der Waals surface area contributed by atoms with E-state index in [1.165, 1.54) is 25.6 Å². The summed E-state index contributed by atoms with van der Waals surface area (Å²) in [6, 6.07) is 3.32. The summed E-state index contributed by atoms with van der Waals surface area (Å²) < 4.78 is 35.2. The van der Waals surface area contributed by atoms with Crippen molar-refractivity contribution in [3.8, 4) is 10.7 Å². The Morgan fingerprint density at radius 3 is 2.75 bits per heavy atom. The van der Waals surface area contributed by atoms with Gasteiger partial charge in [-0.1, -0.05) is 5.16 Å². The van der Waals surface area contributed by atoms with Crippen LogP contribution >= 0.6 is 22.9 Å². The van der Waals surface area contributed by atoms with E-state index < -0.39 is 17.4 Å². The third-order valence-corrected chi connectivity index (χ3v) is 4.25. The molecule has 0 spiro atoms. The summed E-state index contributed by atoms with van der Waals surface area (Å²) in [4.78, 5) is 21.9. The van der Waals surface area contributed by atoms with Gasteiger partial charge in [-0.15, -0.1) is 11.3 Å². The molecule has 0 aliphatic carbocycles. The van der Waals surface area contributed by atoms with Gasteiger partial charge in [-0.2, -0.15) is 13.8 Å². The number of rotatable bonds is 7. The molecule has 1 atom stereocenters. The zero-order chi connectivity index (χ0) is 17.9. The largest absolute Gasteiger partial charge is 0.400 e. The van der Waals surface area contributed by atoms with Crippen LogP contribution in [0.1, 0.15) is 17.7 Å². The molecule has 0 radical (unpaired) electrons. The van der Waals surface area contributed by atoms with Gasteiger partial charge in [0, 0.05) is 12.0 Å². The van der Waals surface area contributed by atoms with Crippen molar-refractivity contribution in [1.29, 1.82) is 0 Å². The molecule has 0 aliphatic rings. The van der Waals surface area contributed by atoms with Crippen molar-refractivity contribution in [2.45, 2.75) is 25.0 Å². The number of hydroxylamine groups is 2. The second-order valence-corrected chi connectivity index (χ2v) is 6.27. The Bertz CT molecular complexity index is 703. The number of ether oxygens (including phenoxy) is 1. The van der Waals surface area contributed by atoms with Crippen LogP contribution in [-0.2, 0) is 26.3 Å². The maximum atomic E-state index is 12.9. The number of hydrogen-bond donors (Lipinski definition) is 0. The van der Waals surface area contributed by atoms with Crippen molar-refractivity contribution in [1.82, 2.24) is 15.2 Å². The summed E-state index contributed by atoms with van der Waals surface area (Å²) >= 11 is 6.03. The fourth-order valence-corrected chi connectivity index (χ4v) is 2.69. The van der Waals surface area contributed by atoms with Gasteiger partial charge >= 0.3 is 11.3 Å². The Hall–Kier alpha value is -1.62. The molecule has 0 saturated carbocycles. The summed E-state index contributed by atoms with van der Waals surface area (Å²) in [5.74, 6) is -1.34. The number of hydrogen-bond acceptors (Lipinski definition) is 7.